The van der Waals surface area contributed by atoms with Crippen molar-refractivity contribution in [2.24, 2.45) is 0 Å². The van der Waals surface area contributed by atoms with Crippen LogP contribution in [0.2, 0.25) is 0 Å². The van der Waals surface area contributed by atoms with Crippen molar-refractivity contribution in [3.05, 3.63) is 24.3 Å². The van der Waals surface area contributed by atoms with E-state index in [-0.39, 0.29) is 29.9 Å². The van der Waals surface area contributed by atoms with E-state index in [4.69, 9.17) is 0 Å². The average Bonchev–Trinajstić information content (AvgIpc) is 3.16. The van der Waals surface area contributed by atoms with Gasteiger partial charge in [0.05, 0.1) is 18.3 Å². The highest BCUT2D eigenvalue weighted by molar-refractivity contribution is 5.92. The van der Waals surface area contributed by atoms with Crippen molar-refractivity contribution in [2.45, 2.75) is 75.6 Å². The van der Waals surface area contributed by atoms with Crippen LogP contribution in [0.4, 0.5) is 0 Å². The number of aliphatic hydroxyl groups is 1. The lowest BCUT2D eigenvalue weighted by molar-refractivity contribution is -0.127. The summed E-state index contributed by atoms with van der Waals surface area (Å²) in [4.78, 5) is 37.6. The Morgan fingerprint density at radius 1 is 1.07 bits per heavy atom. The summed E-state index contributed by atoms with van der Waals surface area (Å²) in [6, 6.07) is 0.224. The summed E-state index contributed by atoms with van der Waals surface area (Å²) in [5.41, 5.74) is 0.368. The predicted octanol–water partition coefficient (Wildman–Crippen LogP) is 0.965. The normalized spacial score (nSPS) is 27.1. The summed E-state index contributed by atoms with van der Waals surface area (Å²) >= 11 is 0. The van der Waals surface area contributed by atoms with E-state index < -0.39 is 6.10 Å². The Balaban J connectivity index is 1.33. The number of aromatic nitrogens is 2. The molecule has 0 bridgehead atoms. The fourth-order valence-corrected chi connectivity index (χ4v) is 5.02. The van der Waals surface area contributed by atoms with Gasteiger partial charge in [0.2, 0.25) is 5.91 Å². The molecule has 2 N–H and O–H groups in total. The zero-order valence-corrected chi connectivity index (χ0v) is 16.9. The van der Waals surface area contributed by atoms with Crippen molar-refractivity contribution >= 4 is 11.8 Å². The van der Waals surface area contributed by atoms with Crippen LogP contribution in [-0.4, -0.2) is 80.6 Å². The number of nitrogens with one attached hydrogen (secondary N) is 1. The van der Waals surface area contributed by atoms with Gasteiger partial charge in [-0.15, -0.1) is 0 Å². The molecule has 1 aromatic heterocycles. The molecule has 2 saturated heterocycles. The smallest absolute Gasteiger partial charge is 0.274 e. The molecule has 1 aliphatic carbocycles. The lowest BCUT2D eigenvalue weighted by Crippen LogP contribution is -2.53. The number of amides is 2. The van der Waals surface area contributed by atoms with Gasteiger partial charge < -0.3 is 15.3 Å². The zero-order chi connectivity index (χ0) is 20.2. The number of rotatable bonds is 4. The number of piperidine rings is 1. The van der Waals surface area contributed by atoms with Crippen LogP contribution in [0, 0.1) is 0 Å². The SMILES string of the molecule is O=C(NC1CCCCC1)[C@@H]1C[C@@H](O)CN1C1CCN(C(=O)c2cnccn2)CC1. The minimum Gasteiger partial charge on any atom is -0.392 e. The summed E-state index contributed by atoms with van der Waals surface area (Å²) < 4.78 is 0. The standard InChI is InChI=1S/C21H31N5O3/c27-17-12-19(20(28)24-15-4-2-1-3-5-15)26(14-17)16-6-10-25(11-7-16)21(29)18-13-22-8-9-23-18/h8-9,13,15-17,19,27H,1-7,10-12,14H2,(H,24,28)/t17-,19+/m1/s1. The molecule has 2 atom stereocenters. The second kappa shape index (κ2) is 9.17. The van der Waals surface area contributed by atoms with Gasteiger partial charge in [-0.2, -0.15) is 0 Å². The molecule has 3 heterocycles. The van der Waals surface area contributed by atoms with Crippen LogP contribution >= 0.6 is 0 Å². The maximum absolute atomic E-state index is 12.9. The lowest BCUT2D eigenvalue weighted by Gasteiger charge is -2.39. The molecule has 4 rings (SSSR count). The molecule has 0 spiro atoms. The van der Waals surface area contributed by atoms with Gasteiger partial charge in [0, 0.05) is 44.1 Å². The van der Waals surface area contributed by atoms with Gasteiger partial charge in [0.15, 0.2) is 0 Å². The van der Waals surface area contributed by atoms with Crippen LogP contribution in [0.15, 0.2) is 18.6 Å². The largest absolute Gasteiger partial charge is 0.392 e. The quantitative estimate of drug-likeness (QED) is 0.780. The minimum absolute atomic E-state index is 0.0616. The summed E-state index contributed by atoms with van der Waals surface area (Å²) in [6.07, 6.45) is 11.9. The molecule has 3 aliphatic rings. The minimum atomic E-state index is -0.462. The van der Waals surface area contributed by atoms with E-state index in [9.17, 15) is 14.7 Å². The number of hydrogen-bond donors (Lipinski definition) is 2. The highest BCUT2D eigenvalue weighted by atomic mass is 16.3. The fraction of sp³-hybridized carbons (Fsp3) is 0.714. The van der Waals surface area contributed by atoms with Crippen LogP contribution in [-0.2, 0) is 4.79 Å². The van der Waals surface area contributed by atoms with E-state index in [0.29, 0.717) is 31.7 Å². The van der Waals surface area contributed by atoms with Crippen molar-refractivity contribution in [1.82, 2.24) is 25.1 Å². The van der Waals surface area contributed by atoms with Crippen molar-refractivity contribution in [3.63, 3.8) is 0 Å². The number of carbonyl (C=O) groups excluding carboxylic acids is 2. The first-order valence-electron chi connectivity index (χ1n) is 10.9. The monoisotopic (exact) mass is 401 g/mol. The molecule has 3 fully saturated rings. The Morgan fingerprint density at radius 3 is 2.52 bits per heavy atom. The van der Waals surface area contributed by atoms with Crippen LogP contribution in [0.25, 0.3) is 0 Å². The van der Waals surface area contributed by atoms with Gasteiger partial charge in [0.1, 0.15) is 5.69 Å². The first kappa shape index (κ1) is 20.2. The van der Waals surface area contributed by atoms with E-state index in [1.807, 2.05) is 4.90 Å². The Morgan fingerprint density at radius 2 is 1.83 bits per heavy atom. The molecule has 8 heteroatoms. The summed E-state index contributed by atoms with van der Waals surface area (Å²) in [5, 5.41) is 13.5. The summed E-state index contributed by atoms with van der Waals surface area (Å²) in [5.74, 6) is -0.0314. The highest BCUT2D eigenvalue weighted by Gasteiger charge is 2.41. The third-order valence-electron chi connectivity index (χ3n) is 6.57. The van der Waals surface area contributed by atoms with Crippen molar-refractivity contribution < 1.29 is 14.7 Å². The molecule has 1 aromatic rings. The van der Waals surface area contributed by atoms with Crippen LogP contribution in [0.1, 0.15) is 61.9 Å². The van der Waals surface area contributed by atoms with E-state index in [0.717, 1.165) is 25.7 Å². The van der Waals surface area contributed by atoms with E-state index in [1.165, 1.54) is 31.7 Å². The molecule has 29 heavy (non-hydrogen) atoms. The van der Waals surface area contributed by atoms with Crippen molar-refractivity contribution in [1.29, 1.82) is 0 Å². The maximum atomic E-state index is 12.9. The third kappa shape index (κ3) is 4.75. The van der Waals surface area contributed by atoms with Gasteiger partial charge in [-0.05, 0) is 32.1 Å². The molecular weight excluding hydrogens is 370 g/mol. The molecule has 158 valence electrons. The number of nitrogens with zero attached hydrogens (tertiary/aromatic N) is 4. The topological polar surface area (TPSA) is 98.7 Å². The van der Waals surface area contributed by atoms with Gasteiger partial charge >= 0.3 is 0 Å². The number of β-amino-alcohol motifs (C(OH)–C–C–N with tert-alkyl or cyclic N) is 1. The molecular formula is C21H31N5O3. The van der Waals surface area contributed by atoms with Crippen LogP contribution in [0.3, 0.4) is 0 Å². The molecule has 2 amide bonds. The Hall–Kier alpha value is -2.06. The van der Waals surface area contributed by atoms with Crippen molar-refractivity contribution in [3.8, 4) is 0 Å². The Kier molecular flexibility index (Phi) is 6.40. The molecule has 1 saturated carbocycles. The summed E-state index contributed by atoms with van der Waals surface area (Å²) in [7, 11) is 0. The Bertz CT molecular complexity index is 702. The molecule has 0 unspecified atom stereocenters. The van der Waals surface area contributed by atoms with E-state index >= 15 is 0 Å². The lowest BCUT2D eigenvalue weighted by atomic mass is 9.95. The maximum Gasteiger partial charge on any atom is 0.274 e. The first-order chi connectivity index (χ1) is 14.1. The van der Waals surface area contributed by atoms with Crippen LogP contribution < -0.4 is 5.32 Å². The number of carbonyl (C=O) groups is 2. The van der Waals surface area contributed by atoms with E-state index in [1.54, 1.807) is 6.20 Å². The van der Waals surface area contributed by atoms with Gasteiger partial charge in [-0.3, -0.25) is 19.5 Å². The summed E-state index contributed by atoms with van der Waals surface area (Å²) in [6.45, 7) is 1.79. The second-order valence-corrected chi connectivity index (χ2v) is 8.56. The number of aliphatic hydroxyl groups excluding tert-OH is 1. The van der Waals surface area contributed by atoms with Gasteiger partial charge in [0.25, 0.3) is 5.91 Å². The van der Waals surface area contributed by atoms with Gasteiger partial charge in [-0.1, -0.05) is 19.3 Å². The number of hydrogen-bond acceptors (Lipinski definition) is 6. The van der Waals surface area contributed by atoms with Gasteiger partial charge in [-0.25, -0.2) is 4.98 Å². The predicted molar refractivity (Wildman–Crippen MR) is 107 cm³/mol. The van der Waals surface area contributed by atoms with Crippen molar-refractivity contribution in [2.75, 3.05) is 19.6 Å². The number of likely N-dealkylation sites (tertiary alicyclic amines) is 2. The molecule has 0 radical (unpaired) electrons. The highest BCUT2D eigenvalue weighted by Crippen LogP contribution is 2.27. The fourth-order valence-electron chi connectivity index (χ4n) is 5.02. The zero-order valence-electron chi connectivity index (χ0n) is 16.9. The molecule has 2 aliphatic heterocycles. The average molecular weight is 402 g/mol. The van der Waals surface area contributed by atoms with Crippen LogP contribution in [0.5, 0.6) is 0 Å². The third-order valence-corrected chi connectivity index (χ3v) is 6.57. The second-order valence-electron chi connectivity index (χ2n) is 8.56. The van der Waals surface area contributed by atoms with E-state index in [2.05, 4.69) is 20.2 Å². The molecule has 0 aromatic carbocycles. The Labute approximate surface area is 171 Å². The first-order valence-corrected chi connectivity index (χ1v) is 10.9. The molecule has 8 nitrogen and oxygen atoms in total.